The van der Waals surface area contributed by atoms with Crippen molar-refractivity contribution in [3.8, 4) is 0 Å². The molecule has 1 aromatic heterocycles. The highest BCUT2D eigenvalue weighted by molar-refractivity contribution is 4.71. The number of rotatable bonds is 2. The Morgan fingerprint density at radius 3 is 2.91 bits per heavy atom. The molecule has 0 unspecified atom stereocenters. The van der Waals surface area contributed by atoms with Crippen LogP contribution in [0.1, 0.15) is 0 Å². The molecule has 1 aliphatic rings. The molecule has 11 heavy (non-hydrogen) atoms. The molecule has 2 heterocycles. The van der Waals surface area contributed by atoms with Crippen LogP contribution in [0.25, 0.3) is 0 Å². The summed E-state index contributed by atoms with van der Waals surface area (Å²) in [5, 5.41) is 3.90. The maximum Gasteiger partial charge on any atom is 0.246 e. The minimum absolute atomic E-state index is 0.542. The molecule has 0 atom stereocenters. The quantitative estimate of drug-likeness (QED) is 0.592. The highest BCUT2D eigenvalue weighted by atomic mass is 16.7. The molecule has 5 nitrogen and oxygen atoms in total. The molecular weight excluding hydrogens is 146 g/mol. The number of nitrogens with zero attached hydrogens (tertiary/aromatic N) is 3. The lowest BCUT2D eigenvalue weighted by molar-refractivity contribution is 0.0562. The van der Waals surface area contributed by atoms with Crippen LogP contribution in [0.5, 0.6) is 0 Å². The maximum absolute atomic E-state index is 5.13. The van der Waals surface area contributed by atoms with Gasteiger partial charge in [0.25, 0.3) is 0 Å². The van der Waals surface area contributed by atoms with Crippen molar-refractivity contribution < 1.29 is 9.47 Å². The van der Waals surface area contributed by atoms with E-state index in [0.29, 0.717) is 26.0 Å². The van der Waals surface area contributed by atoms with E-state index in [4.69, 9.17) is 9.47 Å². The van der Waals surface area contributed by atoms with Gasteiger partial charge in [-0.1, -0.05) is 0 Å². The van der Waals surface area contributed by atoms with Crippen molar-refractivity contribution in [2.24, 2.45) is 0 Å². The Labute approximate surface area is 63.9 Å². The lowest BCUT2D eigenvalue weighted by Crippen LogP contribution is -2.09. The van der Waals surface area contributed by atoms with Crippen molar-refractivity contribution in [3.63, 3.8) is 0 Å². The minimum Gasteiger partial charge on any atom is -0.341 e. The third-order valence-corrected chi connectivity index (χ3v) is 1.37. The summed E-state index contributed by atoms with van der Waals surface area (Å²) in [4.78, 5) is 3.79. The molecule has 1 saturated heterocycles. The summed E-state index contributed by atoms with van der Waals surface area (Å²) in [6.45, 7) is 1.83. The Morgan fingerprint density at radius 1 is 1.45 bits per heavy atom. The van der Waals surface area contributed by atoms with Gasteiger partial charge in [-0.2, -0.15) is 5.10 Å². The van der Waals surface area contributed by atoms with Crippen LogP contribution in [0.15, 0.2) is 12.7 Å². The first-order chi connectivity index (χ1) is 5.45. The first-order valence-corrected chi connectivity index (χ1v) is 3.39. The molecule has 0 N–H and O–H groups in total. The van der Waals surface area contributed by atoms with Gasteiger partial charge in [0.1, 0.15) is 19.2 Å². The molecule has 0 aliphatic carbocycles. The van der Waals surface area contributed by atoms with Crippen molar-refractivity contribution in [2.45, 2.75) is 6.54 Å². The highest BCUT2D eigenvalue weighted by Crippen LogP contribution is 2.12. The maximum atomic E-state index is 5.13. The van der Waals surface area contributed by atoms with Gasteiger partial charge in [-0.25, -0.2) is 9.67 Å². The van der Waals surface area contributed by atoms with Gasteiger partial charge in [-0.3, -0.25) is 0 Å². The predicted octanol–water partition coefficient (Wildman–Crippen LogP) is -0.186. The van der Waals surface area contributed by atoms with Crippen molar-refractivity contribution >= 4 is 0 Å². The Morgan fingerprint density at radius 2 is 2.27 bits per heavy atom. The molecule has 0 spiro atoms. The van der Waals surface area contributed by atoms with E-state index in [1.165, 1.54) is 6.33 Å². The fraction of sp³-hybridized carbons (Fsp3) is 0.500. The summed E-state index contributed by atoms with van der Waals surface area (Å²) in [7, 11) is 0. The molecule has 2 rings (SSSR count). The van der Waals surface area contributed by atoms with Gasteiger partial charge in [0.05, 0.1) is 13.2 Å². The number of aromatic nitrogens is 3. The van der Waals surface area contributed by atoms with Crippen LogP contribution >= 0.6 is 0 Å². The van der Waals surface area contributed by atoms with Crippen LogP contribution in [0.2, 0.25) is 0 Å². The number of ether oxygens (including phenoxy) is 2. The summed E-state index contributed by atoms with van der Waals surface area (Å²) in [6, 6.07) is 0. The second-order valence-corrected chi connectivity index (χ2v) is 2.16. The SMILES string of the molecule is c1ncn(C[C]2OCCO2)n1. The summed E-state index contributed by atoms with van der Waals surface area (Å²) in [5.41, 5.74) is 0. The summed E-state index contributed by atoms with van der Waals surface area (Å²) in [6.07, 6.45) is 3.73. The lowest BCUT2D eigenvalue weighted by atomic mass is 10.6. The van der Waals surface area contributed by atoms with Gasteiger partial charge in [0.15, 0.2) is 0 Å². The Balaban J connectivity index is 1.90. The van der Waals surface area contributed by atoms with E-state index in [1.54, 1.807) is 11.0 Å². The normalized spacial score (nSPS) is 19.3. The summed E-state index contributed by atoms with van der Waals surface area (Å²) < 4.78 is 11.9. The molecule has 0 saturated carbocycles. The van der Waals surface area contributed by atoms with Gasteiger partial charge < -0.3 is 9.47 Å². The molecule has 5 heteroatoms. The van der Waals surface area contributed by atoms with Crippen LogP contribution in [0.4, 0.5) is 0 Å². The van der Waals surface area contributed by atoms with Crippen molar-refractivity contribution in [1.82, 2.24) is 14.8 Å². The van der Waals surface area contributed by atoms with E-state index < -0.39 is 0 Å². The predicted molar refractivity (Wildman–Crippen MR) is 35.2 cm³/mol. The van der Waals surface area contributed by atoms with Gasteiger partial charge in [0, 0.05) is 0 Å². The van der Waals surface area contributed by atoms with E-state index in [-0.39, 0.29) is 0 Å². The highest BCUT2D eigenvalue weighted by Gasteiger charge is 2.18. The molecule has 0 aromatic carbocycles. The Bertz CT molecular complexity index is 206. The molecule has 1 radical (unpaired) electrons. The van der Waals surface area contributed by atoms with Crippen LogP contribution < -0.4 is 0 Å². The van der Waals surface area contributed by atoms with E-state index >= 15 is 0 Å². The second kappa shape index (κ2) is 2.98. The molecule has 1 aliphatic heterocycles. The first kappa shape index (κ1) is 6.75. The van der Waals surface area contributed by atoms with E-state index in [9.17, 15) is 0 Å². The Kier molecular flexibility index (Phi) is 1.83. The van der Waals surface area contributed by atoms with Gasteiger partial charge in [0.2, 0.25) is 6.29 Å². The molecule has 59 valence electrons. The summed E-state index contributed by atoms with van der Waals surface area (Å²) in [5.74, 6) is 0. The van der Waals surface area contributed by atoms with Crippen molar-refractivity contribution in [1.29, 1.82) is 0 Å². The zero-order valence-electron chi connectivity index (χ0n) is 5.93. The van der Waals surface area contributed by atoms with Crippen LogP contribution in [-0.4, -0.2) is 28.0 Å². The van der Waals surface area contributed by atoms with Crippen molar-refractivity contribution in [2.75, 3.05) is 13.2 Å². The molecule has 0 bridgehead atoms. The fourth-order valence-corrected chi connectivity index (χ4v) is 0.891. The zero-order chi connectivity index (χ0) is 7.52. The van der Waals surface area contributed by atoms with E-state index in [2.05, 4.69) is 10.1 Å². The number of hydrogen-bond donors (Lipinski definition) is 0. The van der Waals surface area contributed by atoms with E-state index in [0.717, 1.165) is 0 Å². The molecule has 1 aromatic rings. The van der Waals surface area contributed by atoms with Crippen LogP contribution in [0.3, 0.4) is 0 Å². The average Bonchev–Trinajstić information content (AvgIpc) is 2.60. The molecule has 1 fully saturated rings. The lowest BCUT2D eigenvalue weighted by Gasteiger charge is -2.04. The minimum atomic E-state index is 0.542. The monoisotopic (exact) mass is 154 g/mol. The topological polar surface area (TPSA) is 49.2 Å². The standard InChI is InChI=1S/C6H8N3O2/c1-2-11-6(10-1)3-9-5-7-4-8-9/h4-5H,1-3H2. The Hall–Kier alpha value is -0.940. The average molecular weight is 154 g/mol. The molecular formula is C6H8N3O2. The smallest absolute Gasteiger partial charge is 0.246 e. The third kappa shape index (κ3) is 1.55. The number of hydrogen-bond acceptors (Lipinski definition) is 4. The zero-order valence-corrected chi connectivity index (χ0v) is 5.93. The van der Waals surface area contributed by atoms with Gasteiger partial charge in [-0.15, -0.1) is 0 Å². The van der Waals surface area contributed by atoms with Crippen molar-refractivity contribution in [3.05, 3.63) is 18.9 Å². The van der Waals surface area contributed by atoms with E-state index in [1.807, 2.05) is 0 Å². The second-order valence-electron chi connectivity index (χ2n) is 2.16. The van der Waals surface area contributed by atoms with Crippen LogP contribution in [0, 0.1) is 6.29 Å². The summed E-state index contributed by atoms with van der Waals surface area (Å²) >= 11 is 0. The molecule has 0 amide bonds. The first-order valence-electron chi connectivity index (χ1n) is 3.39. The fourth-order valence-electron chi connectivity index (χ4n) is 0.891. The van der Waals surface area contributed by atoms with Gasteiger partial charge >= 0.3 is 0 Å². The largest absolute Gasteiger partial charge is 0.341 e. The third-order valence-electron chi connectivity index (χ3n) is 1.37. The van der Waals surface area contributed by atoms with Crippen LogP contribution in [-0.2, 0) is 16.0 Å². The van der Waals surface area contributed by atoms with Gasteiger partial charge in [-0.05, 0) is 0 Å².